The molecule has 1 amide bonds. The number of carbonyl (C=O) groups excluding carboxylic acids is 1. The van der Waals surface area contributed by atoms with E-state index in [-0.39, 0.29) is 22.9 Å². The number of aromatic nitrogens is 1. The number of ether oxygens (including phenoxy) is 2. The topological polar surface area (TPSA) is 71.6 Å². The number of nitrogens with zero attached hydrogens (tertiary/aromatic N) is 1. The van der Waals surface area contributed by atoms with Gasteiger partial charge in [0.05, 0.1) is 13.2 Å². The molecule has 3 rings (SSSR count). The van der Waals surface area contributed by atoms with Crippen LogP contribution in [0.15, 0.2) is 23.3 Å². The first kappa shape index (κ1) is 14.3. The minimum absolute atomic E-state index is 0.121. The van der Waals surface area contributed by atoms with Crippen molar-refractivity contribution in [1.82, 2.24) is 9.88 Å². The lowest BCUT2D eigenvalue weighted by Crippen LogP contribution is -2.45. The van der Waals surface area contributed by atoms with Crippen molar-refractivity contribution in [2.45, 2.75) is 37.5 Å². The van der Waals surface area contributed by atoms with E-state index in [1.165, 1.54) is 18.5 Å². The predicted octanol–water partition coefficient (Wildman–Crippen LogP) is 1.13. The third kappa shape index (κ3) is 2.73. The molecule has 6 nitrogen and oxygen atoms in total. The molecular weight excluding hydrogens is 272 g/mol. The molecule has 1 aromatic rings. The Morgan fingerprint density at radius 3 is 2.62 bits per heavy atom. The lowest BCUT2D eigenvalue weighted by Gasteiger charge is -2.38. The number of aromatic amines is 1. The molecule has 0 atom stereocenters. The van der Waals surface area contributed by atoms with Gasteiger partial charge in [-0.15, -0.1) is 0 Å². The summed E-state index contributed by atoms with van der Waals surface area (Å²) in [5, 5.41) is 0. The van der Waals surface area contributed by atoms with E-state index in [2.05, 4.69) is 4.98 Å². The molecule has 0 aromatic carbocycles. The van der Waals surface area contributed by atoms with E-state index >= 15 is 0 Å². The maximum atomic E-state index is 12.4. The van der Waals surface area contributed by atoms with Gasteiger partial charge in [0.25, 0.3) is 5.91 Å². The van der Waals surface area contributed by atoms with E-state index < -0.39 is 5.79 Å². The Balaban J connectivity index is 1.66. The number of nitrogens with one attached hydrogen (secondary N) is 1. The average molecular weight is 292 g/mol. The number of pyridine rings is 1. The van der Waals surface area contributed by atoms with Gasteiger partial charge >= 0.3 is 0 Å². The Labute approximate surface area is 123 Å². The van der Waals surface area contributed by atoms with Crippen molar-refractivity contribution in [2.75, 3.05) is 20.3 Å². The monoisotopic (exact) mass is 292 g/mol. The van der Waals surface area contributed by atoms with Crippen LogP contribution >= 0.6 is 0 Å². The molecule has 1 aliphatic carbocycles. The largest absolute Gasteiger partial charge is 0.367 e. The molecule has 1 N–H and O–H groups in total. The Kier molecular flexibility index (Phi) is 3.82. The molecular formula is C15H20N2O4. The van der Waals surface area contributed by atoms with Crippen LogP contribution in [0.1, 0.15) is 36.0 Å². The SMILES string of the molecule is CN(C(=O)c1c[nH]ccc1=O)C1CCC2(CC1)OCCO2. The smallest absolute Gasteiger partial charge is 0.259 e. The number of hydrogen-bond donors (Lipinski definition) is 1. The molecule has 1 aromatic heterocycles. The second kappa shape index (κ2) is 5.61. The molecule has 1 spiro atoms. The molecule has 21 heavy (non-hydrogen) atoms. The van der Waals surface area contributed by atoms with Crippen LogP contribution in [0.5, 0.6) is 0 Å². The number of H-pyrrole nitrogens is 1. The van der Waals surface area contributed by atoms with Gasteiger partial charge in [0.2, 0.25) is 0 Å². The van der Waals surface area contributed by atoms with E-state index in [1.54, 1.807) is 11.9 Å². The zero-order valence-corrected chi connectivity index (χ0v) is 12.1. The summed E-state index contributed by atoms with van der Waals surface area (Å²) in [7, 11) is 1.76. The quantitative estimate of drug-likeness (QED) is 0.887. The molecule has 0 unspecified atom stereocenters. The maximum absolute atomic E-state index is 12.4. The summed E-state index contributed by atoms with van der Waals surface area (Å²) in [6.45, 7) is 1.30. The van der Waals surface area contributed by atoms with Gasteiger partial charge in [-0.25, -0.2) is 0 Å². The lowest BCUT2D eigenvalue weighted by atomic mass is 9.89. The van der Waals surface area contributed by atoms with Gasteiger partial charge in [-0.05, 0) is 12.8 Å². The summed E-state index contributed by atoms with van der Waals surface area (Å²) in [5.41, 5.74) is -0.0611. The predicted molar refractivity (Wildman–Crippen MR) is 76.0 cm³/mol. The van der Waals surface area contributed by atoms with E-state index in [9.17, 15) is 9.59 Å². The summed E-state index contributed by atoms with van der Waals surface area (Å²) in [5.74, 6) is -0.656. The van der Waals surface area contributed by atoms with Gasteiger partial charge in [-0.3, -0.25) is 9.59 Å². The van der Waals surface area contributed by atoms with Crippen LogP contribution in [0.4, 0.5) is 0 Å². The maximum Gasteiger partial charge on any atom is 0.259 e. The van der Waals surface area contributed by atoms with Crippen molar-refractivity contribution in [3.63, 3.8) is 0 Å². The van der Waals surface area contributed by atoms with Crippen molar-refractivity contribution >= 4 is 5.91 Å². The minimum atomic E-state index is -0.426. The Bertz CT molecular complexity index is 567. The average Bonchev–Trinajstić information content (AvgIpc) is 2.95. The van der Waals surface area contributed by atoms with Crippen molar-refractivity contribution in [1.29, 1.82) is 0 Å². The summed E-state index contributed by atoms with van der Waals surface area (Å²) in [6.07, 6.45) is 6.23. The Hall–Kier alpha value is -1.66. The molecule has 6 heteroatoms. The third-order valence-electron chi connectivity index (χ3n) is 4.45. The van der Waals surface area contributed by atoms with E-state index in [1.807, 2.05) is 0 Å². The van der Waals surface area contributed by atoms with Crippen LogP contribution in [-0.2, 0) is 9.47 Å². The fraction of sp³-hybridized carbons (Fsp3) is 0.600. The van der Waals surface area contributed by atoms with E-state index in [4.69, 9.17) is 9.47 Å². The Morgan fingerprint density at radius 1 is 1.33 bits per heavy atom. The number of carbonyl (C=O) groups is 1. The van der Waals surface area contributed by atoms with Crippen molar-refractivity contribution < 1.29 is 14.3 Å². The van der Waals surface area contributed by atoms with Crippen LogP contribution in [-0.4, -0.2) is 47.9 Å². The summed E-state index contributed by atoms with van der Waals surface area (Å²) in [6, 6.07) is 1.49. The minimum Gasteiger partial charge on any atom is -0.367 e. The summed E-state index contributed by atoms with van der Waals surface area (Å²) in [4.78, 5) is 28.6. The highest BCUT2D eigenvalue weighted by molar-refractivity contribution is 5.93. The van der Waals surface area contributed by atoms with Crippen molar-refractivity contribution in [2.24, 2.45) is 0 Å². The molecule has 0 radical (unpaired) electrons. The van der Waals surface area contributed by atoms with Gasteiger partial charge in [0.1, 0.15) is 5.56 Å². The molecule has 2 aliphatic rings. The van der Waals surface area contributed by atoms with Gasteiger partial charge in [-0.2, -0.15) is 0 Å². The number of hydrogen-bond acceptors (Lipinski definition) is 4. The second-order valence-electron chi connectivity index (χ2n) is 5.68. The van der Waals surface area contributed by atoms with Gasteiger partial charge in [0.15, 0.2) is 11.2 Å². The van der Waals surface area contributed by atoms with Crippen LogP contribution in [0, 0.1) is 0 Å². The molecule has 0 bridgehead atoms. The van der Waals surface area contributed by atoms with Crippen LogP contribution < -0.4 is 5.43 Å². The van der Waals surface area contributed by atoms with Crippen molar-refractivity contribution in [3.05, 3.63) is 34.2 Å². The van der Waals surface area contributed by atoms with Gasteiger partial charge in [0, 0.05) is 44.4 Å². The lowest BCUT2D eigenvalue weighted by molar-refractivity contribution is -0.182. The standard InChI is InChI=1S/C15H20N2O4/c1-17(14(19)12-10-16-7-4-13(12)18)11-2-5-15(6-3-11)20-8-9-21-15/h4,7,10-11H,2-3,5-6,8-9H2,1H3,(H,16,18). The molecule has 1 aliphatic heterocycles. The first-order valence-electron chi connectivity index (χ1n) is 7.33. The molecule has 2 heterocycles. The fourth-order valence-corrected chi connectivity index (χ4v) is 3.15. The van der Waals surface area contributed by atoms with Crippen LogP contribution in [0.2, 0.25) is 0 Å². The van der Waals surface area contributed by atoms with Crippen molar-refractivity contribution in [3.8, 4) is 0 Å². The second-order valence-corrected chi connectivity index (χ2v) is 5.68. The summed E-state index contributed by atoms with van der Waals surface area (Å²) < 4.78 is 11.4. The van der Waals surface area contributed by atoms with Gasteiger partial charge in [-0.1, -0.05) is 0 Å². The van der Waals surface area contributed by atoms with E-state index in [0.717, 1.165) is 25.7 Å². The van der Waals surface area contributed by atoms with E-state index in [0.29, 0.717) is 13.2 Å². The van der Waals surface area contributed by atoms with Crippen LogP contribution in [0.25, 0.3) is 0 Å². The summed E-state index contributed by atoms with van der Waals surface area (Å²) >= 11 is 0. The highest BCUT2D eigenvalue weighted by Crippen LogP contribution is 2.37. The first-order valence-corrected chi connectivity index (χ1v) is 7.33. The molecule has 2 fully saturated rings. The van der Waals surface area contributed by atoms with Crippen LogP contribution in [0.3, 0.4) is 0 Å². The highest BCUT2D eigenvalue weighted by atomic mass is 16.7. The molecule has 1 saturated heterocycles. The number of rotatable bonds is 2. The molecule has 114 valence electrons. The fourth-order valence-electron chi connectivity index (χ4n) is 3.15. The first-order chi connectivity index (χ1) is 10.1. The van der Waals surface area contributed by atoms with Gasteiger partial charge < -0.3 is 19.4 Å². The Morgan fingerprint density at radius 2 is 2.00 bits per heavy atom. The zero-order valence-electron chi connectivity index (χ0n) is 12.1. The molecule has 1 saturated carbocycles. The highest BCUT2D eigenvalue weighted by Gasteiger charge is 2.41. The zero-order chi connectivity index (χ0) is 14.9. The normalized spacial score (nSPS) is 21.6. The third-order valence-corrected chi connectivity index (χ3v) is 4.45. The number of amides is 1.